The van der Waals surface area contributed by atoms with E-state index in [1.54, 1.807) is 18.5 Å². The average molecular weight is 383 g/mol. The minimum absolute atomic E-state index is 0.0151. The second-order valence-corrected chi connectivity index (χ2v) is 7.20. The number of fused-ring (bicyclic) bond motifs is 1. The molecule has 0 radical (unpaired) electrons. The van der Waals surface area contributed by atoms with Crippen LogP contribution in [0.25, 0.3) is 11.0 Å². The fraction of sp³-hybridized carbons (Fsp3) is 0.174. The Bertz CT molecular complexity index is 1160. The number of ketones is 1. The number of anilines is 2. The van der Waals surface area contributed by atoms with Crippen molar-refractivity contribution >= 4 is 28.5 Å². The molecule has 0 spiro atoms. The predicted molar refractivity (Wildman–Crippen MR) is 113 cm³/mol. The molecule has 144 valence electrons. The summed E-state index contributed by atoms with van der Waals surface area (Å²) in [5.41, 5.74) is 4.01. The Morgan fingerprint density at radius 2 is 1.79 bits per heavy atom. The lowest BCUT2D eigenvalue weighted by molar-refractivity contribution is 0.0993. The molecule has 0 aliphatic carbocycles. The molecule has 3 aromatic heterocycles. The van der Waals surface area contributed by atoms with Gasteiger partial charge in [-0.15, -0.1) is 5.10 Å². The molecule has 4 aromatic rings. The molecule has 6 heteroatoms. The molecule has 0 aliphatic heterocycles. The van der Waals surface area contributed by atoms with E-state index in [1.807, 2.05) is 48.5 Å². The number of carbonyl (C=O) groups excluding carboxylic acids is 1. The molecule has 0 saturated heterocycles. The van der Waals surface area contributed by atoms with E-state index in [2.05, 4.69) is 39.3 Å². The van der Waals surface area contributed by atoms with Crippen LogP contribution in [0.2, 0.25) is 0 Å². The predicted octanol–water partition coefficient (Wildman–Crippen LogP) is 4.71. The molecule has 0 saturated carbocycles. The summed E-state index contributed by atoms with van der Waals surface area (Å²) in [5, 5.41) is 11.3. The number of nitrogens with zero attached hydrogens (tertiary/aromatic N) is 4. The third kappa shape index (κ3) is 4.43. The minimum atomic E-state index is 0.0151. The number of aromatic nitrogens is 4. The van der Waals surface area contributed by atoms with Gasteiger partial charge in [-0.05, 0) is 41.3 Å². The Kier molecular flexibility index (Phi) is 5.24. The van der Waals surface area contributed by atoms with Crippen molar-refractivity contribution in [3.63, 3.8) is 0 Å². The number of pyridine rings is 2. The maximum Gasteiger partial charge on any atom is 0.168 e. The van der Waals surface area contributed by atoms with Crippen molar-refractivity contribution in [1.29, 1.82) is 0 Å². The molecule has 0 aliphatic rings. The summed E-state index contributed by atoms with van der Waals surface area (Å²) >= 11 is 0. The van der Waals surface area contributed by atoms with Crippen molar-refractivity contribution in [2.24, 2.45) is 0 Å². The molecule has 6 nitrogen and oxygen atoms in total. The summed E-state index contributed by atoms with van der Waals surface area (Å²) in [5.74, 6) is 1.63. The normalized spacial score (nSPS) is 11.0. The standard InChI is InChI=1S/C23H21N5O/c1-15(2)17-12-23(28-25-14-17)27-22-9-8-19-20(26-22)11-18(13-24-19)21(29)10-16-6-4-3-5-7-16/h3-9,11-15H,10H2,1-2H3,(H,26,27,28). The van der Waals surface area contributed by atoms with Gasteiger partial charge in [0, 0.05) is 18.2 Å². The SMILES string of the molecule is CC(C)c1cnnc(Nc2ccc3ncc(C(=O)Cc4ccccc4)cc3n2)c1. The van der Waals surface area contributed by atoms with Gasteiger partial charge in [0.15, 0.2) is 11.6 Å². The molecule has 1 N–H and O–H groups in total. The van der Waals surface area contributed by atoms with Crippen molar-refractivity contribution in [2.75, 3.05) is 5.32 Å². The molecule has 1 aromatic carbocycles. The monoisotopic (exact) mass is 383 g/mol. The van der Waals surface area contributed by atoms with Crippen LogP contribution in [0.3, 0.4) is 0 Å². The molecular weight excluding hydrogens is 362 g/mol. The van der Waals surface area contributed by atoms with Gasteiger partial charge in [-0.2, -0.15) is 5.10 Å². The van der Waals surface area contributed by atoms with E-state index in [1.165, 1.54) is 0 Å². The Morgan fingerprint density at radius 1 is 0.966 bits per heavy atom. The molecule has 4 rings (SSSR count). The van der Waals surface area contributed by atoms with E-state index in [4.69, 9.17) is 0 Å². The first-order chi connectivity index (χ1) is 14.1. The van der Waals surface area contributed by atoms with Crippen molar-refractivity contribution in [3.8, 4) is 0 Å². The second kappa shape index (κ2) is 8.14. The molecule has 0 atom stereocenters. The van der Waals surface area contributed by atoms with Gasteiger partial charge in [0.1, 0.15) is 5.82 Å². The minimum Gasteiger partial charge on any atom is -0.323 e. The molecule has 0 bridgehead atoms. The van der Waals surface area contributed by atoms with Gasteiger partial charge >= 0.3 is 0 Å². The second-order valence-electron chi connectivity index (χ2n) is 7.20. The van der Waals surface area contributed by atoms with Crippen LogP contribution in [0, 0.1) is 0 Å². The van der Waals surface area contributed by atoms with Crippen molar-refractivity contribution < 1.29 is 4.79 Å². The number of carbonyl (C=O) groups is 1. The summed E-state index contributed by atoms with van der Waals surface area (Å²) in [6.45, 7) is 4.21. The molecule has 3 heterocycles. The van der Waals surface area contributed by atoms with Crippen LogP contribution in [0.5, 0.6) is 0 Å². The molecule has 0 amide bonds. The van der Waals surface area contributed by atoms with Gasteiger partial charge in [-0.25, -0.2) is 4.98 Å². The van der Waals surface area contributed by atoms with Crippen LogP contribution in [0.4, 0.5) is 11.6 Å². The van der Waals surface area contributed by atoms with Gasteiger partial charge in [0.2, 0.25) is 0 Å². The highest BCUT2D eigenvalue weighted by Gasteiger charge is 2.10. The zero-order valence-corrected chi connectivity index (χ0v) is 16.3. The third-order valence-electron chi connectivity index (χ3n) is 4.67. The fourth-order valence-corrected chi connectivity index (χ4v) is 3.00. The summed E-state index contributed by atoms with van der Waals surface area (Å²) in [7, 11) is 0. The molecular formula is C23H21N5O. The summed E-state index contributed by atoms with van der Waals surface area (Å²) in [6, 6.07) is 17.1. The molecule has 29 heavy (non-hydrogen) atoms. The average Bonchev–Trinajstić information content (AvgIpc) is 2.74. The zero-order chi connectivity index (χ0) is 20.2. The highest BCUT2D eigenvalue weighted by Crippen LogP contribution is 2.20. The van der Waals surface area contributed by atoms with Crippen LogP contribution in [0.15, 0.2) is 67.0 Å². The van der Waals surface area contributed by atoms with E-state index in [-0.39, 0.29) is 5.78 Å². The van der Waals surface area contributed by atoms with Crippen molar-refractivity contribution in [1.82, 2.24) is 20.2 Å². The van der Waals surface area contributed by atoms with E-state index in [9.17, 15) is 4.79 Å². The van der Waals surface area contributed by atoms with Crippen LogP contribution < -0.4 is 5.32 Å². The highest BCUT2D eigenvalue weighted by molar-refractivity contribution is 5.99. The Balaban J connectivity index is 1.58. The fourth-order valence-electron chi connectivity index (χ4n) is 3.00. The number of Topliss-reactive ketones (excluding diaryl/α,β-unsaturated/α-hetero) is 1. The smallest absolute Gasteiger partial charge is 0.168 e. The van der Waals surface area contributed by atoms with E-state index in [0.717, 1.165) is 16.6 Å². The Hall–Kier alpha value is -3.67. The Labute approximate surface area is 169 Å². The maximum atomic E-state index is 12.6. The van der Waals surface area contributed by atoms with Crippen molar-refractivity contribution in [3.05, 3.63) is 83.7 Å². The topological polar surface area (TPSA) is 80.7 Å². The van der Waals surface area contributed by atoms with Crippen LogP contribution in [-0.2, 0) is 6.42 Å². The lowest BCUT2D eigenvalue weighted by Gasteiger charge is -2.09. The van der Waals surface area contributed by atoms with Gasteiger partial charge in [-0.3, -0.25) is 9.78 Å². The lowest BCUT2D eigenvalue weighted by atomic mass is 10.0. The summed E-state index contributed by atoms with van der Waals surface area (Å²) < 4.78 is 0. The van der Waals surface area contributed by atoms with E-state index in [0.29, 0.717) is 35.1 Å². The van der Waals surface area contributed by atoms with Gasteiger partial charge in [-0.1, -0.05) is 44.2 Å². The van der Waals surface area contributed by atoms with Crippen molar-refractivity contribution in [2.45, 2.75) is 26.2 Å². The van der Waals surface area contributed by atoms with E-state index >= 15 is 0 Å². The molecule has 0 unspecified atom stereocenters. The first kappa shape index (κ1) is 18.7. The van der Waals surface area contributed by atoms with E-state index < -0.39 is 0 Å². The quantitative estimate of drug-likeness (QED) is 0.486. The number of hydrogen-bond acceptors (Lipinski definition) is 6. The largest absolute Gasteiger partial charge is 0.323 e. The van der Waals surface area contributed by atoms with Gasteiger partial charge < -0.3 is 5.32 Å². The lowest BCUT2D eigenvalue weighted by Crippen LogP contribution is -2.05. The highest BCUT2D eigenvalue weighted by atomic mass is 16.1. The first-order valence-electron chi connectivity index (χ1n) is 9.52. The number of hydrogen-bond donors (Lipinski definition) is 1. The van der Waals surface area contributed by atoms with Gasteiger partial charge in [0.25, 0.3) is 0 Å². The summed E-state index contributed by atoms with van der Waals surface area (Å²) in [4.78, 5) is 21.6. The number of benzene rings is 1. The first-order valence-corrected chi connectivity index (χ1v) is 9.52. The van der Waals surface area contributed by atoms with Gasteiger partial charge in [0.05, 0.1) is 17.2 Å². The number of rotatable bonds is 6. The maximum absolute atomic E-state index is 12.6. The third-order valence-corrected chi connectivity index (χ3v) is 4.67. The number of nitrogens with one attached hydrogen (secondary N) is 1. The summed E-state index contributed by atoms with van der Waals surface area (Å²) in [6.07, 6.45) is 3.71. The van der Waals surface area contributed by atoms with Crippen LogP contribution >= 0.6 is 0 Å². The zero-order valence-electron chi connectivity index (χ0n) is 16.3. The Morgan fingerprint density at radius 3 is 2.59 bits per heavy atom. The van der Waals surface area contributed by atoms with Crippen LogP contribution in [0.1, 0.15) is 41.3 Å². The molecule has 0 fully saturated rings. The van der Waals surface area contributed by atoms with Crippen LogP contribution in [-0.4, -0.2) is 25.9 Å².